The maximum absolute atomic E-state index is 12.3. The van der Waals surface area contributed by atoms with Gasteiger partial charge >= 0.3 is 0 Å². The Morgan fingerprint density at radius 3 is 3.04 bits per heavy atom. The number of aromatic amines is 1. The molecule has 3 rings (SSSR count). The van der Waals surface area contributed by atoms with Gasteiger partial charge in [0.15, 0.2) is 5.82 Å². The van der Waals surface area contributed by atoms with Gasteiger partial charge in [-0.15, -0.1) is 0 Å². The van der Waals surface area contributed by atoms with E-state index in [1.54, 1.807) is 25.3 Å². The highest BCUT2D eigenvalue weighted by Crippen LogP contribution is 2.27. The fourth-order valence-electron chi connectivity index (χ4n) is 3.49. The first-order valence-corrected chi connectivity index (χ1v) is 9.65. The van der Waals surface area contributed by atoms with Crippen molar-refractivity contribution in [3.8, 4) is 5.75 Å². The second-order valence-electron chi connectivity index (χ2n) is 7.02. The van der Waals surface area contributed by atoms with Crippen LogP contribution in [0.4, 0.5) is 5.69 Å². The molecule has 2 aromatic rings. The van der Waals surface area contributed by atoms with Crippen molar-refractivity contribution in [3.05, 3.63) is 34.9 Å². The van der Waals surface area contributed by atoms with E-state index in [2.05, 4.69) is 25.4 Å². The third-order valence-corrected chi connectivity index (χ3v) is 5.12. The third kappa shape index (κ3) is 5.68. The summed E-state index contributed by atoms with van der Waals surface area (Å²) in [4.78, 5) is 19.0. The molecule has 0 spiro atoms. The van der Waals surface area contributed by atoms with Crippen molar-refractivity contribution < 1.29 is 9.53 Å². The van der Waals surface area contributed by atoms with Gasteiger partial charge in [-0.05, 0) is 56.8 Å². The van der Waals surface area contributed by atoms with Crippen LogP contribution in [0.25, 0.3) is 0 Å². The van der Waals surface area contributed by atoms with Crippen LogP contribution in [-0.4, -0.2) is 46.2 Å². The first-order valence-electron chi connectivity index (χ1n) is 9.27. The number of likely N-dealkylation sites (tertiary alicyclic amines) is 1. The number of hydrogen-bond acceptors (Lipinski definition) is 5. The molecule has 27 heavy (non-hydrogen) atoms. The van der Waals surface area contributed by atoms with E-state index in [0.29, 0.717) is 28.8 Å². The second-order valence-corrected chi connectivity index (χ2v) is 7.42. The molecule has 1 aromatic carbocycles. The number of hydrogen-bond donors (Lipinski definition) is 2. The number of carbonyl (C=O) groups is 1. The van der Waals surface area contributed by atoms with Gasteiger partial charge in [-0.2, -0.15) is 5.10 Å². The van der Waals surface area contributed by atoms with E-state index in [-0.39, 0.29) is 5.91 Å². The number of benzene rings is 1. The summed E-state index contributed by atoms with van der Waals surface area (Å²) in [5.74, 6) is 2.80. The summed E-state index contributed by atoms with van der Waals surface area (Å²) in [5, 5.41) is 10.5. The molecule has 1 saturated heterocycles. The van der Waals surface area contributed by atoms with Gasteiger partial charge in [-0.25, -0.2) is 4.98 Å². The van der Waals surface area contributed by atoms with Gasteiger partial charge in [0, 0.05) is 18.7 Å². The Kier molecular flexibility index (Phi) is 6.68. The minimum absolute atomic E-state index is 0.0120. The molecule has 1 aliphatic rings. The molecule has 8 heteroatoms. The molecule has 0 bridgehead atoms. The molecular formula is C19H26ClN5O2. The Morgan fingerprint density at radius 1 is 1.48 bits per heavy atom. The Balaban J connectivity index is 1.44. The smallest absolute Gasteiger partial charge is 0.224 e. The van der Waals surface area contributed by atoms with Crippen LogP contribution in [0.15, 0.2) is 18.2 Å². The Hall–Kier alpha value is -2.12. The lowest BCUT2D eigenvalue weighted by Gasteiger charge is -2.31. The van der Waals surface area contributed by atoms with Crippen LogP contribution in [0.3, 0.4) is 0 Å². The number of methoxy groups -OCH3 is 1. The number of ether oxygens (including phenoxy) is 1. The van der Waals surface area contributed by atoms with Gasteiger partial charge < -0.3 is 10.1 Å². The zero-order chi connectivity index (χ0) is 19.2. The molecule has 0 aliphatic carbocycles. The highest BCUT2D eigenvalue weighted by atomic mass is 35.5. The van der Waals surface area contributed by atoms with E-state index in [1.165, 1.54) is 0 Å². The van der Waals surface area contributed by atoms with Gasteiger partial charge in [0.25, 0.3) is 0 Å². The first kappa shape index (κ1) is 19.6. The lowest BCUT2D eigenvalue weighted by Crippen LogP contribution is -2.35. The number of piperidine rings is 1. The van der Waals surface area contributed by atoms with Crippen LogP contribution in [0.2, 0.25) is 5.02 Å². The Labute approximate surface area is 164 Å². The van der Waals surface area contributed by atoms with E-state index in [9.17, 15) is 4.79 Å². The van der Waals surface area contributed by atoms with E-state index in [1.807, 2.05) is 6.92 Å². The van der Waals surface area contributed by atoms with Gasteiger partial charge in [-0.1, -0.05) is 11.6 Å². The van der Waals surface area contributed by atoms with Crippen LogP contribution in [0, 0.1) is 12.8 Å². The number of carbonyl (C=O) groups excluding carboxylic acids is 1. The predicted octanol–water partition coefficient (Wildman–Crippen LogP) is 3.41. The number of aromatic nitrogens is 3. The molecule has 2 heterocycles. The number of aryl methyl sites for hydroxylation is 1. The molecular weight excluding hydrogens is 366 g/mol. The molecule has 2 N–H and O–H groups in total. The summed E-state index contributed by atoms with van der Waals surface area (Å²) in [7, 11) is 1.57. The molecule has 0 saturated carbocycles. The number of anilines is 1. The summed E-state index contributed by atoms with van der Waals surface area (Å²) >= 11 is 6.10. The van der Waals surface area contributed by atoms with Crippen LogP contribution < -0.4 is 10.1 Å². The van der Waals surface area contributed by atoms with Crippen molar-refractivity contribution in [1.29, 1.82) is 0 Å². The zero-order valence-corrected chi connectivity index (χ0v) is 16.6. The van der Waals surface area contributed by atoms with E-state index in [4.69, 9.17) is 16.3 Å². The summed E-state index contributed by atoms with van der Waals surface area (Å²) in [6.07, 6.45) is 3.68. The highest BCUT2D eigenvalue weighted by Gasteiger charge is 2.21. The van der Waals surface area contributed by atoms with E-state index in [0.717, 1.165) is 50.5 Å². The topological polar surface area (TPSA) is 83.1 Å². The largest absolute Gasteiger partial charge is 0.495 e. The van der Waals surface area contributed by atoms with Crippen molar-refractivity contribution in [2.24, 2.45) is 5.92 Å². The lowest BCUT2D eigenvalue weighted by molar-refractivity contribution is -0.116. The normalized spacial score (nSPS) is 17.7. The molecule has 0 radical (unpaired) electrons. The molecule has 1 amide bonds. The molecule has 1 aliphatic heterocycles. The average Bonchev–Trinajstić information content (AvgIpc) is 3.05. The molecule has 1 atom stereocenters. The van der Waals surface area contributed by atoms with Crippen molar-refractivity contribution in [2.75, 3.05) is 25.5 Å². The van der Waals surface area contributed by atoms with Gasteiger partial charge in [0.1, 0.15) is 11.6 Å². The number of nitrogens with zero attached hydrogens (tertiary/aromatic N) is 3. The minimum atomic E-state index is 0.0120. The van der Waals surface area contributed by atoms with Gasteiger partial charge in [0.05, 0.1) is 18.7 Å². The Bertz CT molecular complexity index is 779. The highest BCUT2D eigenvalue weighted by molar-refractivity contribution is 6.32. The fourth-order valence-corrected chi connectivity index (χ4v) is 3.75. The maximum Gasteiger partial charge on any atom is 0.224 e. The van der Waals surface area contributed by atoms with E-state index < -0.39 is 0 Å². The monoisotopic (exact) mass is 391 g/mol. The summed E-state index contributed by atoms with van der Waals surface area (Å²) in [6.45, 7) is 4.71. The molecule has 1 aromatic heterocycles. The number of amides is 1. The summed E-state index contributed by atoms with van der Waals surface area (Å²) < 4.78 is 5.13. The number of H-pyrrole nitrogens is 1. The van der Waals surface area contributed by atoms with Crippen LogP contribution in [0.1, 0.15) is 37.3 Å². The van der Waals surface area contributed by atoms with Crippen molar-refractivity contribution in [3.63, 3.8) is 0 Å². The number of halogens is 1. The first-order chi connectivity index (χ1) is 13.0. The molecule has 146 valence electrons. The standard InChI is InChI=1S/C19H26ClN5O2/c1-13-21-18(24-23-13)12-25-9-3-4-14(11-25)5-8-19(26)22-15-6-7-17(27-2)16(20)10-15/h6-7,10,14H,3-5,8-9,11-12H2,1-2H3,(H,22,26)(H,21,23,24)/t14-/m0/s1. The number of nitrogens with one attached hydrogen (secondary N) is 2. The van der Waals surface area contributed by atoms with Crippen LogP contribution in [0.5, 0.6) is 5.75 Å². The minimum Gasteiger partial charge on any atom is -0.495 e. The molecule has 0 unspecified atom stereocenters. The quantitative estimate of drug-likeness (QED) is 0.755. The van der Waals surface area contributed by atoms with Crippen molar-refractivity contribution in [2.45, 2.75) is 39.2 Å². The third-order valence-electron chi connectivity index (χ3n) is 4.83. The van der Waals surface area contributed by atoms with Crippen molar-refractivity contribution in [1.82, 2.24) is 20.1 Å². The summed E-state index contributed by atoms with van der Waals surface area (Å²) in [5.41, 5.74) is 0.691. The molecule has 1 fully saturated rings. The van der Waals surface area contributed by atoms with Crippen LogP contribution in [-0.2, 0) is 11.3 Å². The SMILES string of the molecule is COc1ccc(NC(=O)CC[C@@H]2CCCN(Cc3n[nH]c(C)n3)C2)cc1Cl. The summed E-state index contributed by atoms with van der Waals surface area (Å²) in [6, 6.07) is 5.26. The van der Waals surface area contributed by atoms with E-state index >= 15 is 0 Å². The maximum atomic E-state index is 12.3. The van der Waals surface area contributed by atoms with Gasteiger partial charge in [0.2, 0.25) is 5.91 Å². The average molecular weight is 392 g/mol. The Morgan fingerprint density at radius 2 is 2.33 bits per heavy atom. The molecule has 7 nitrogen and oxygen atoms in total. The van der Waals surface area contributed by atoms with Crippen LogP contribution >= 0.6 is 11.6 Å². The number of rotatable bonds is 7. The zero-order valence-electron chi connectivity index (χ0n) is 15.8. The second kappa shape index (κ2) is 9.19. The lowest BCUT2D eigenvalue weighted by atomic mass is 9.93. The van der Waals surface area contributed by atoms with Gasteiger partial charge in [-0.3, -0.25) is 14.8 Å². The predicted molar refractivity (Wildman–Crippen MR) is 105 cm³/mol. The van der Waals surface area contributed by atoms with Crippen molar-refractivity contribution >= 4 is 23.2 Å². The fraction of sp³-hybridized carbons (Fsp3) is 0.526.